The number of hydrogen-bond acceptors (Lipinski definition) is 4. The smallest absolute Gasteiger partial charge is 0.265 e. The van der Waals surface area contributed by atoms with E-state index >= 15 is 0 Å². The van der Waals surface area contributed by atoms with Crippen LogP contribution in [-0.4, -0.2) is 15.5 Å². The Morgan fingerprint density at radius 2 is 1.59 bits per heavy atom. The fraction of sp³-hybridized carbons (Fsp3) is 0.100. The predicted molar refractivity (Wildman–Crippen MR) is 105 cm³/mol. The minimum absolute atomic E-state index is 0.0681. The lowest BCUT2D eigenvalue weighted by Crippen LogP contribution is -2.14. The summed E-state index contributed by atoms with van der Waals surface area (Å²) in [4.78, 5) is 0.0681. The van der Waals surface area contributed by atoms with Gasteiger partial charge in [0.05, 0.1) is 12.8 Å². The summed E-state index contributed by atoms with van der Waals surface area (Å²) in [6.45, 7) is 1.81. The zero-order valence-corrected chi connectivity index (χ0v) is 15.7. The molecule has 0 saturated carbocycles. The number of aryl methyl sites for hydroxylation is 1. The van der Waals surface area contributed by atoms with Crippen LogP contribution in [0.5, 0.6) is 5.75 Å². The summed E-state index contributed by atoms with van der Waals surface area (Å²) in [7, 11) is -2.39. The molecule has 0 saturated heterocycles. The number of halogens is 1. The van der Waals surface area contributed by atoms with Crippen LogP contribution < -0.4 is 14.8 Å². The molecule has 3 rings (SSSR count). The van der Waals surface area contributed by atoms with Crippen molar-refractivity contribution in [3.05, 3.63) is 78.1 Å². The van der Waals surface area contributed by atoms with Crippen molar-refractivity contribution in [3.63, 3.8) is 0 Å². The van der Waals surface area contributed by atoms with Crippen LogP contribution in [-0.2, 0) is 10.0 Å². The Balaban J connectivity index is 1.80. The Bertz CT molecular complexity index is 1050. The van der Waals surface area contributed by atoms with Crippen molar-refractivity contribution in [1.29, 1.82) is 0 Å². The Morgan fingerprint density at radius 1 is 0.926 bits per heavy atom. The minimum Gasteiger partial charge on any atom is -0.495 e. The Morgan fingerprint density at radius 3 is 2.26 bits per heavy atom. The second-order valence-corrected chi connectivity index (χ2v) is 7.59. The summed E-state index contributed by atoms with van der Waals surface area (Å²) in [6.07, 6.45) is 0. The lowest BCUT2D eigenvalue weighted by molar-refractivity contribution is 0.402. The van der Waals surface area contributed by atoms with Gasteiger partial charge in [-0.2, -0.15) is 0 Å². The van der Waals surface area contributed by atoms with Gasteiger partial charge in [0.15, 0.2) is 0 Å². The van der Waals surface area contributed by atoms with Crippen molar-refractivity contribution >= 4 is 27.1 Å². The first-order valence-corrected chi connectivity index (χ1v) is 9.66. The van der Waals surface area contributed by atoms with Crippen LogP contribution in [0.4, 0.5) is 21.5 Å². The lowest BCUT2D eigenvalue weighted by Gasteiger charge is -2.13. The highest BCUT2D eigenvalue weighted by Gasteiger charge is 2.19. The fourth-order valence-corrected chi connectivity index (χ4v) is 3.86. The highest BCUT2D eigenvalue weighted by molar-refractivity contribution is 7.92. The van der Waals surface area contributed by atoms with Crippen LogP contribution in [0.3, 0.4) is 0 Å². The van der Waals surface area contributed by atoms with E-state index in [1.807, 2.05) is 6.92 Å². The van der Waals surface area contributed by atoms with Crippen molar-refractivity contribution < 1.29 is 17.5 Å². The summed E-state index contributed by atoms with van der Waals surface area (Å²) in [5.41, 5.74) is 2.17. The van der Waals surface area contributed by atoms with Crippen molar-refractivity contribution in [2.24, 2.45) is 0 Å². The number of rotatable bonds is 6. The van der Waals surface area contributed by atoms with Gasteiger partial charge in [-0.3, -0.25) is 4.72 Å². The van der Waals surface area contributed by atoms with Crippen molar-refractivity contribution in [2.45, 2.75) is 11.8 Å². The molecular formula is C20H19FN2O3S. The van der Waals surface area contributed by atoms with E-state index in [0.717, 1.165) is 5.56 Å². The molecule has 0 radical (unpaired) electrons. The van der Waals surface area contributed by atoms with Gasteiger partial charge in [0.1, 0.15) is 16.5 Å². The van der Waals surface area contributed by atoms with Crippen molar-refractivity contribution in [3.8, 4) is 5.75 Å². The quantitative estimate of drug-likeness (QED) is 0.645. The number of para-hydroxylation sites is 1. The molecule has 0 heterocycles. The van der Waals surface area contributed by atoms with Gasteiger partial charge in [0, 0.05) is 11.4 Å². The third kappa shape index (κ3) is 4.38. The second-order valence-electron chi connectivity index (χ2n) is 5.94. The van der Waals surface area contributed by atoms with Gasteiger partial charge in [0.2, 0.25) is 0 Å². The maximum atomic E-state index is 13.7. The summed E-state index contributed by atoms with van der Waals surface area (Å²) in [5, 5.41) is 2.95. The number of sulfonamides is 1. The van der Waals surface area contributed by atoms with E-state index in [9.17, 15) is 12.8 Å². The first-order valence-electron chi connectivity index (χ1n) is 8.18. The zero-order valence-electron chi connectivity index (χ0n) is 14.9. The molecule has 3 aromatic rings. The topological polar surface area (TPSA) is 67.4 Å². The third-order valence-electron chi connectivity index (χ3n) is 3.90. The molecule has 3 aromatic carbocycles. The molecule has 0 spiro atoms. The van der Waals surface area contributed by atoms with Crippen molar-refractivity contribution in [1.82, 2.24) is 0 Å². The van der Waals surface area contributed by atoms with E-state index in [4.69, 9.17) is 4.74 Å². The van der Waals surface area contributed by atoms with Crippen LogP contribution in [0.1, 0.15) is 5.56 Å². The highest BCUT2D eigenvalue weighted by atomic mass is 32.2. The Kier molecular flexibility index (Phi) is 5.32. The summed E-state index contributed by atoms with van der Waals surface area (Å²) in [5.74, 6) is -0.0974. The molecule has 0 unspecified atom stereocenters. The normalized spacial score (nSPS) is 11.1. The monoisotopic (exact) mass is 386 g/mol. The molecular weight excluding hydrogens is 367 g/mol. The second kappa shape index (κ2) is 7.67. The van der Waals surface area contributed by atoms with Gasteiger partial charge in [-0.25, -0.2) is 12.8 Å². The molecule has 0 aliphatic carbocycles. The van der Waals surface area contributed by atoms with Crippen molar-refractivity contribution in [2.75, 3.05) is 17.1 Å². The zero-order chi connectivity index (χ0) is 19.4. The molecule has 0 aliphatic rings. The van der Waals surface area contributed by atoms with Gasteiger partial charge in [-0.15, -0.1) is 0 Å². The predicted octanol–water partition coefficient (Wildman–Crippen LogP) is 4.69. The SMILES string of the molecule is COc1ccc(C)cc1S(=O)(=O)Nc1ccc(Nc2ccccc2F)cc1. The average Bonchev–Trinajstić information content (AvgIpc) is 2.65. The molecule has 7 heteroatoms. The highest BCUT2D eigenvalue weighted by Crippen LogP contribution is 2.27. The minimum atomic E-state index is -3.81. The lowest BCUT2D eigenvalue weighted by atomic mass is 10.2. The maximum absolute atomic E-state index is 13.7. The van der Waals surface area contributed by atoms with Gasteiger partial charge in [-0.1, -0.05) is 18.2 Å². The van der Waals surface area contributed by atoms with Crippen LogP contribution in [0.25, 0.3) is 0 Å². The fourth-order valence-electron chi connectivity index (χ4n) is 2.54. The molecule has 0 aromatic heterocycles. The number of methoxy groups -OCH3 is 1. The number of hydrogen-bond donors (Lipinski definition) is 2. The van der Waals surface area contributed by atoms with E-state index in [0.29, 0.717) is 17.1 Å². The average molecular weight is 386 g/mol. The van der Waals surface area contributed by atoms with Gasteiger partial charge in [0.25, 0.3) is 10.0 Å². The third-order valence-corrected chi connectivity index (χ3v) is 5.30. The Labute approximate surface area is 157 Å². The molecule has 0 amide bonds. The molecule has 0 atom stereocenters. The molecule has 0 bridgehead atoms. The van der Waals surface area contributed by atoms with Gasteiger partial charge < -0.3 is 10.1 Å². The number of benzene rings is 3. The first kappa shape index (κ1) is 18.7. The molecule has 2 N–H and O–H groups in total. The van der Waals surface area contributed by atoms with E-state index in [1.165, 1.54) is 13.2 Å². The summed E-state index contributed by atoms with van der Waals surface area (Å²) >= 11 is 0. The van der Waals surface area contributed by atoms with Gasteiger partial charge >= 0.3 is 0 Å². The van der Waals surface area contributed by atoms with E-state index in [-0.39, 0.29) is 16.5 Å². The van der Waals surface area contributed by atoms with E-state index in [1.54, 1.807) is 60.7 Å². The Hall–Kier alpha value is -3.06. The molecule has 0 aliphatic heterocycles. The van der Waals surface area contributed by atoms with E-state index in [2.05, 4.69) is 10.0 Å². The summed E-state index contributed by atoms with van der Waals surface area (Å²) < 4.78 is 46.8. The van der Waals surface area contributed by atoms with Crippen LogP contribution in [0, 0.1) is 12.7 Å². The number of ether oxygens (including phenoxy) is 1. The summed E-state index contributed by atoms with van der Waals surface area (Å²) in [6, 6.07) is 17.8. The maximum Gasteiger partial charge on any atom is 0.265 e. The largest absolute Gasteiger partial charge is 0.495 e. The molecule has 5 nitrogen and oxygen atoms in total. The molecule has 27 heavy (non-hydrogen) atoms. The number of nitrogens with one attached hydrogen (secondary N) is 2. The van der Waals surface area contributed by atoms with E-state index < -0.39 is 10.0 Å². The molecule has 140 valence electrons. The van der Waals surface area contributed by atoms with Gasteiger partial charge in [-0.05, 0) is 61.0 Å². The molecule has 0 fully saturated rings. The standard InChI is InChI=1S/C20H19FN2O3S/c1-14-7-12-19(26-2)20(13-14)27(24,25)23-16-10-8-15(9-11-16)22-18-6-4-3-5-17(18)21/h3-13,22-23H,1-2H3. The number of anilines is 3. The van der Waals surface area contributed by atoms with Crippen LogP contribution in [0.15, 0.2) is 71.6 Å². The van der Waals surface area contributed by atoms with Crippen LogP contribution in [0.2, 0.25) is 0 Å². The first-order chi connectivity index (χ1) is 12.9. The van der Waals surface area contributed by atoms with Crippen LogP contribution >= 0.6 is 0 Å².